The fourth-order valence-corrected chi connectivity index (χ4v) is 2.95. The van der Waals surface area contributed by atoms with Gasteiger partial charge in [-0.3, -0.25) is 0 Å². The summed E-state index contributed by atoms with van der Waals surface area (Å²) in [5.41, 5.74) is 6.41. The lowest BCUT2D eigenvalue weighted by Crippen LogP contribution is -1.99. The number of nitrogens with one attached hydrogen (secondary N) is 1. The first kappa shape index (κ1) is 16.4. The summed E-state index contributed by atoms with van der Waals surface area (Å²) >= 11 is 0. The molecule has 0 saturated heterocycles. The van der Waals surface area contributed by atoms with Gasteiger partial charge in [0.05, 0.1) is 0 Å². The van der Waals surface area contributed by atoms with Crippen LogP contribution in [-0.4, -0.2) is 4.98 Å². The molecule has 4 aromatic rings. The second-order valence-corrected chi connectivity index (χ2v) is 6.81. The number of aromatic nitrogens is 1. The third-order valence-corrected chi connectivity index (χ3v) is 4.57. The summed E-state index contributed by atoms with van der Waals surface area (Å²) < 4.78 is 5.82. The minimum Gasteiger partial charge on any atom is -0.436 e. The Morgan fingerprint density at radius 2 is 1.62 bits per heavy atom. The molecule has 1 N–H and O–H groups in total. The van der Waals surface area contributed by atoms with Gasteiger partial charge in [0.15, 0.2) is 5.58 Å². The van der Waals surface area contributed by atoms with Crippen molar-refractivity contribution in [1.29, 1.82) is 0 Å². The van der Waals surface area contributed by atoms with Gasteiger partial charge in [0.2, 0.25) is 5.89 Å². The van der Waals surface area contributed by atoms with Crippen molar-refractivity contribution in [2.24, 2.45) is 0 Å². The minimum absolute atomic E-state index is 0.566. The Bertz CT molecular complexity index is 966. The third-order valence-electron chi connectivity index (χ3n) is 4.57. The molecule has 3 nitrogen and oxygen atoms in total. The summed E-state index contributed by atoms with van der Waals surface area (Å²) in [6, 6.07) is 24.8. The number of para-hydroxylation sites is 2. The number of hydrogen-bond donors (Lipinski definition) is 1. The Balaban J connectivity index is 1.44. The predicted molar refractivity (Wildman–Crippen MR) is 107 cm³/mol. The van der Waals surface area contributed by atoms with Crippen molar-refractivity contribution in [3.05, 3.63) is 83.9 Å². The lowest BCUT2D eigenvalue weighted by Gasteiger charge is -2.09. The van der Waals surface area contributed by atoms with E-state index in [9.17, 15) is 0 Å². The monoisotopic (exact) mass is 342 g/mol. The number of hydrogen-bond acceptors (Lipinski definition) is 3. The van der Waals surface area contributed by atoms with E-state index in [1.54, 1.807) is 0 Å². The molecule has 4 rings (SSSR count). The maximum Gasteiger partial charge on any atom is 0.227 e. The highest BCUT2D eigenvalue weighted by Crippen LogP contribution is 2.25. The van der Waals surface area contributed by atoms with Crippen molar-refractivity contribution in [3.63, 3.8) is 0 Å². The van der Waals surface area contributed by atoms with Crippen molar-refractivity contribution in [3.8, 4) is 11.5 Å². The molecule has 0 amide bonds. The molecule has 0 bridgehead atoms. The highest BCUT2D eigenvalue weighted by molar-refractivity contribution is 5.76. The molecule has 0 aliphatic heterocycles. The van der Waals surface area contributed by atoms with Gasteiger partial charge >= 0.3 is 0 Å². The molecular formula is C23H22N2O. The Kier molecular flexibility index (Phi) is 4.44. The van der Waals surface area contributed by atoms with Gasteiger partial charge in [-0.25, -0.2) is 4.98 Å². The fourth-order valence-electron chi connectivity index (χ4n) is 2.95. The van der Waals surface area contributed by atoms with E-state index in [-0.39, 0.29) is 0 Å². The van der Waals surface area contributed by atoms with Crippen LogP contribution in [0.3, 0.4) is 0 Å². The minimum atomic E-state index is 0.566. The van der Waals surface area contributed by atoms with Crippen LogP contribution in [-0.2, 0) is 6.54 Å². The van der Waals surface area contributed by atoms with E-state index in [2.05, 4.69) is 60.5 Å². The first-order valence-electron chi connectivity index (χ1n) is 8.98. The van der Waals surface area contributed by atoms with Crippen molar-refractivity contribution in [2.45, 2.75) is 26.3 Å². The number of anilines is 1. The number of oxazole rings is 1. The second-order valence-electron chi connectivity index (χ2n) is 6.81. The van der Waals surface area contributed by atoms with Gasteiger partial charge in [0.1, 0.15) is 5.52 Å². The van der Waals surface area contributed by atoms with Gasteiger partial charge in [-0.15, -0.1) is 0 Å². The van der Waals surface area contributed by atoms with E-state index in [1.807, 2.05) is 36.4 Å². The third kappa shape index (κ3) is 3.47. The summed E-state index contributed by atoms with van der Waals surface area (Å²) in [5.74, 6) is 1.22. The van der Waals surface area contributed by atoms with Gasteiger partial charge in [-0.1, -0.05) is 50.2 Å². The first-order valence-corrected chi connectivity index (χ1v) is 8.98. The van der Waals surface area contributed by atoms with E-state index in [4.69, 9.17) is 4.42 Å². The van der Waals surface area contributed by atoms with Gasteiger partial charge in [0.25, 0.3) is 0 Å². The molecule has 1 heterocycles. The van der Waals surface area contributed by atoms with Crippen LogP contribution < -0.4 is 5.32 Å². The molecule has 130 valence electrons. The smallest absolute Gasteiger partial charge is 0.227 e. The molecule has 0 unspecified atom stereocenters. The molecule has 0 atom stereocenters. The largest absolute Gasteiger partial charge is 0.436 e. The first-order chi connectivity index (χ1) is 12.7. The second kappa shape index (κ2) is 7.04. The summed E-state index contributed by atoms with van der Waals surface area (Å²) in [6.45, 7) is 5.23. The van der Waals surface area contributed by atoms with Crippen LogP contribution in [0.2, 0.25) is 0 Å². The Labute approximate surface area is 153 Å². The zero-order valence-corrected chi connectivity index (χ0v) is 15.1. The van der Waals surface area contributed by atoms with Crippen molar-refractivity contribution in [2.75, 3.05) is 5.32 Å². The van der Waals surface area contributed by atoms with Crippen LogP contribution in [0.5, 0.6) is 0 Å². The molecule has 26 heavy (non-hydrogen) atoms. The normalized spacial score (nSPS) is 11.2. The van der Waals surface area contributed by atoms with Crippen LogP contribution in [0, 0.1) is 0 Å². The maximum atomic E-state index is 5.82. The lowest BCUT2D eigenvalue weighted by molar-refractivity contribution is 0.620. The SMILES string of the molecule is CC(C)c1ccc(CNc2ccc(-c3nc4ccccc4o3)cc2)cc1. The zero-order chi connectivity index (χ0) is 17.9. The molecule has 0 radical (unpaired) electrons. The van der Waals surface area contributed by atoms with Crippen molar-refractivity contribution >= 4 is 16.8 Å². The quantitative estimate of drug-likeness (QED) is 0.467. The van der Waals surface area contributed by atoms with Crippen molar-refractivity contribution in [1.82, 2.24) is 4.98 Å². The molecule has 0 spiro atoms. The van der Waals surface area contributed by atoms with Crippen LogP contribution in [0.25, 0.3) is 22.6 Å². The maximum absolute atomic E-state index is 5.82. The summed E-state index contributed by atoms with van der Waals surface area (Å²) in [5, 5.41) is 3.46. The van der Waals surface area contributed by atoms with Gasteiger partial charge in [-0.2, -0.15) is 0 Å². The van der Waals surface area contributed by atoms with Crippen molar-refractivity contribution < 1.29 is 4.42 Å². The van der Waals surface area contributed by atoms with Gasteiger partial charge < -0.3 is 9.73 Å². The average Bonchev–Trinajstić information content (AvgIpc) is 3.11. The fraction of sp³-hybridized carbons (Fsp3) is 0.174. The molecule has 0 fully saturated rings. The highest BCUT2D eigenvalue weighted by atomic mass is 16.3. The Morgan fingerprint density at radius 1 is 0.885 bits per heavy atom. The van der Waals surface area contributed by atoms with E-state index < -0.39 is 0 Å². The molecule has 3 heteroatoms. The number of benzene rings is 3. The van der Waals surface area contributed by atoms with E-state index in [0.29, 0.717) is 11.8 Å². The van der Waals surface area contributed by atoms with E-state index >= 15 is 0 Å². The molecule has 0 saturated carbocycles. The average molecular weight is 342 g/mol. The molecule has 1 aromatic heterocycles. The zero-order valence-electron chi connectivity index (χ0n) is 15.1. The number of fused-ring (bicyclic) bond motifs is 1. The Hall–Kier alpha value is -3.07. The molecule has 0 aliphatic rings. The van der Waals surface area contributed by atoms with Crippen LogP contribution in [0.4, 0.5) is 5.69 Å². The molecular weight excluding hydrogens is 320 g/mol. The topological polar surface area (TPSA) is 38.1 Å². The molecule has 3 aromatic carbocycles. The number of rotatable bonds is 5. The molecule has 0 aliphatic carbocycles. The van der Waals surface area contributed by atoms with Crippen LogP contribution in [0.1, 0.15) is 30.9 Å². The Morgan fingerprint density at radius 3 is 2.31 bits per heavy atom. The number of nitrogens with zero attached hydrogens (tertiary/aromatic N) is 1. The van der Waals surface area contributed by atoms with Gasteiger partial charge in [-0.05, 0) is 53.4 Å². The summed E-state index contributed by atoms with van der Waals surface area (Å²) in [6.07, 6.45) is 0. The van der Waals surface area contributed by atoms with E-state index in [1.165, 1.54) is 11.1 Å². The summed E-state index contributed by atoms with van der Waals surface area (Å²) in [4.78, 5) is 4.54. The van der Waals surface area contributed by atoms with Crippen LogP contribution in [0.15, 0.2) is 77.2 Å². The van der Waals surface area contributed by atoms with Gasteiger partial charge in [0, 0.05) is 17.8 Å². The summed E-state index contributed by atoms with van der Waals surface area (Å²) in [7, 11) is 0. The highest BCUT2D eigenvalue weighted by Gasteiger charge is 2.07. The predicted octanol–water partition coefficient (Wildman–Crippen LogP) is 6.23. The van der Waals surface area contributed by atoms with Crippen LogP contribution >= 0.6 is 0 Å². The standard InChI is InChI=1S/C23H22N2O/c1-16(2)18-9-7-17(8-10-18)15-24-20-13-11-19(12-14-20)23-25-21-5-3-4-6-22(21)26-23/h3-14,16,24H,15H2,1-2H3. The lowest BCUT2D eigenvalue weighted by atomic mass is 10.0. The van der Waals surface area contributed by atoms with E-state index in [0.717, 1.165) is 28.9 Å².